The number of nitrogens with one attached hydrogen (secondary N) is 1. The van der Waals surface area contributed by atoms with Crippen LogP contribution < -0.4 is 19.1 Å². The summed E-state index contributed by atoms with van der Waals surface area (Å²) in [7, 11) is -3.65. The summed E-state index contributed by atoms with van der Waals surface area (Å²) >= 11 is 0. The number of carbonyl (C=O) groups excluding carboxylic acids is 1. The molecule has 0 saturated carbocycles. The van der Waals surface area contributed by atoms with Crippen LogP contribution in [0, 0.1) is 0 Å². The number of sulfonamides is 1. The molecular formula is C22H30N2O5S. The number of hydrogen-bond acceptors (Lipinski definition) is 5. The minimum atomic E-state index is -3.65. The zero-order chi connectivity index (χ0) is 22.1. The van der Waals surface area contributed by atoms with Gasteiger partial charge in [-0.2, -0.15) is 0 Å². The molecule has 0 aliphatic carbocycles. The topological polar surface area (TPSA) is 84.9 Å². The molecule has 0 heterocycles. The lowest BCUT2D eigenvalue weighted by Gasteiger charge is -2.30. The van der Waals surface area contributed by atoms with E-state index in [0.29, 0.717) is 36.8 Å². The summed E-state index contributed by atoms with van der Waals surface area (Å²) in [6.45, 7) is 6.83. The van der Waals surface area contributed by atoms with E-state index in [1.54, 1.807) is 43.3 Å². The molecular weight excluding hydrogens is 404 g/mol. The normalized spacial score (nSPS) is 12.1. The van der Waals surface area contributed by atoms with Crippen molar-refractivity contribution in [1.29, 1.82) is 0 Å². The van der Waals surface area contributed by atoms with Crippen LogP contribution in [0.25, 0.3) is 0 Å². The summed E-state index contributed by atoms with van der Waals surface area (Å²) in [6, 6.07) is 13.3. The molecule has 0 fully saturated rings. The van der Waals surface area contributed by atoms with Crippen LogP contribution in [0.1, 0.15) is 32.8 Å². The molecule has 2 rings (SSSR count). The van der Waals surface area contributed by atoms with Crippen molar-refractivity contribution < 1.29 is 22.7 Å². The van der Waals surface area contributed by atoms with E-state index in [2.05, 4.69) is 5.32 Å². The standard InChI is InChI=1S/C22H30N2O5S/c1-5-19(24(30(4,26)27)18-11-9-8-10-12-18)22(25)23-16-17-13-14-20(28-6-2)21(15-17)29-7-3/h8-15,19H,5-7,16H2,1-4H3,(H,23,25)/t19-/m1/s1. The summed E-state index contributed by atoms with van der Waals surface area (Å²) in [5.74, 6) is 0.895. The summed E-state index contributed by atoms with van der Waals surface area (Å²) in [4.78, 5) is 12.9. The first kappa shape index (κ1) is 23.5. The predicted molar refractivity (Wildman–Crippen MR) is 118 cm³/mol. The largest absolute Gasteiger partial charge is 0.490 e. The molecule has 0 unspecified atom stereocenters. The molecule has 0 bridgehead atoms. The second-order valence-electron chi connectivity index (χ2n) is 6.68. The Morgan fingerprint density at radius 2 is 1.63 bits per heavy atom. The molecule has 0 spiro atoms. The molecule has 1 N–H and O–H groups in total. The van der Waals surface area contributed by atoms with E-state index in [0.717, 1.165) is 11.8 Å². The van der Waals surface area contributed by atoms with Gasteiger partial charge in [0.1, 0.15) is 6.04 Å². The number of hydrogen-bond donors (Lipinski definition) is 1. The molecule has 0 aliphatic rings. The van der Waals surface area contributed by atoms with Gasteiger partial charge in [-0.15, -0.1) is 0 Å². The first-order valence-electron chi connectivity index (χ1n) is 10.0. The van der Waals surface area contributed by atoms with Crippen molar-refractivity contribution in [1.82, 2.24) is 5.32 Å². The Bertz CT molecular complexity index is 932. The van der Waals surface area contributed by atoms with Crippen LogP contribution in [0.15, 0.2) is 48.5 Å². The van der Waals surface area contributed by atoms with Crippen molar-refractivity contribution in [2.75, 3.05) is 23.8 Å². The van der Waals surface area contributed by atoms with Gasteiger partial charge in [0.2, 0.25) is 15.9 Å². The Labute approximate surface area is 179 Å². The second kappa shape index (κ2) is 10.9. The van der Waals surface area contributed by atoms with Crippen molar-refractivity contribution >= 4 is 21.6 Å². The first-order chi connectivity index (χ1) is 14.3. The molecule has 8 heteroatoms. The Balaban J connectivity index is 2.19. The maximum atomic E-state index is 12.9. The van der Waals surface area contributed by atoms with Crippen molar-refractivity contribution in [3.05, 3.63) is 54.1 Å². The van der Waals surface area contributed by atoms with Crippen LogP contribution in [0.2, 0.25) is 0 Å². The van der Waals surface area contributed by atoms with Gasteiger partial charge >= 0.3 is 0 Å². The molecule has 30 heavy (non-hydrogen) atoms. The molecule has 0 saturated heterocycles. The highest BCUT2D eigenvalue weighted by Crippen LogP contribution is 2.28. The highest BCUT2D eigenvalue weighted by Gasteiger charge is 2.31. The van der Waals surface area contributed by atoms with Crippen LogP contribution in [-0.2, 0) is 21.4 Å². The average molecular weight is 435 g/mol. The summed E-state index contributed by atoms with van der Waals surface area (Å²) < 4.78 is 37.2. The smallest absolute Gasteiger partial charge is 0.244 e. The fraction of sp³-hybridized carbons (Fsp3) is 0.409. The highest BCUT2D eigenvalue weighted by atomic mass is 32.2. The molecule has 164 valence electrons. The van der Waals surface area contributed by atoms with Gasteiger partial charge in [0, 0.05) is 6.54 Å². The van der Waals surface area contributed by atoms with Gasteiger partial charge in [-0.05, 0) is 50.1 Å². The Morgan fingerprint density at radius 3 is 2.20 bits per heavy atom. The van der Waals surface area contributed by atoms with Gasteiger partial charge in [-0.25, -0.2) is 8.42 Å². The fourth-order valence-electron chi connectivity index (χ4n) is 3.15. The van der Waals surface area contributed by atoms with E-state index < -0.39 is 16.1 Å². The van der Waals surface area contributed by atoms with E-state index in [4.69, 9.17) is 9.47 Å². The molecule has 0 aromatic heterocycles. The van der Waals surface area contributed by atoms with Crippen LogP contribution in [0.4, 0.5) is 5.69 Å². The maximum absolute atomic E-state index is 12.9. The zero-order valence-electron chi connectivity index (χ0n) is 17.9. The lowest BCUT2D eigenvalue weighted by Crippen LogP contribution is -2.49. The number of nitrogens with zero attached hydrogens (tertiary/aromatic N) is 1. The SMILES string of the molecule is CCOc1ccc(CNC(=O)[C@@H](CC)N(c2ccccc2)S(C)(=O)=O)cc1OCC. The minimum absolute atomic E-state index is 0.244. The van der Waals surface area contributed by atoms with E-state index >= 15 is 0 Å². The third-order valence-corrected chi connectivity index (χ3v) is 5.59. The number of amides is 1. The molecule has 1 amide bonds. The third kappa shape index (κ3) is 6.13. The fourth-order valence-corrected chi connectivity index (χ4v) is 4.36. The van der Waals surface area contributed by atoms with E-state index in [9.17, 15) is 13.2 Å². The molecule has 1 atom stereocenters. The van der Waals surface area contributed by atoms with Crippen molar-refractivity contribution in [3.8, 4) is 11.5 Å². The number of ether oxygens (including phenoxy) is 2. The molecule has 0 radical (unpaired) electrons. The number of anilines is 1. The Kier molecular flexibility index (Phi) is 8.53. The number of carbonyl (C=O) groups is 1. The van der Waals surface area contributed by atoms with E-state index in [-0.39, 0.29) is 12.5 Å². The highest BCUT2D eigenvalue weighted by molar-refractivity contribution is 7.92. The molecule has 2 aromatic carbocycles. The Hall–Kier alpha value is -2.74. The van der Waals surface area contributed by atoms with E-state index in [1.807, 2.05) is 26.0 Å². The van der Waals surface area contributed by atoms with E-state index in [1.165, 1.54) is 4.31 Å². The van der Waals surface area contributed by atoms with Gasteiger partial charge in [0.15, 0.2) is 11.5 Å². The summed E-state index contributed by atoms with van der Waals surface area (Å²) in [5.41, 5.74) is 1.29. The quantitative estimate of drug-likeness (QED) is 0.586. The van der Waals surface area contributed by atoms with Gasteiger partial charge < -0.3 is 14.8 Å². The van der Waals surface area contributed by atoms with Crippen molar-refractivity contribution in [3.63, 3.8) is 0 Å². The maximum Gasteiger partial charge on any atom is 0.244 e. The molecule has 7 nitrogen and oxygen atoms in total. The van der Waals surface area contributed by atoms with Crippen LogP contribution in [0.5, 0.6) is 11.5 Å². The van der Waals surface area contributed by atoms with Gasteiger partial charge in [0.05, 0.1) is 25.2 Å². The van der Waals surface area contributed by atoms with Crippen LogP contribution >= 0.6 is 0 Å². The molecule has 0 aliphatic heterocycles. The minimum Gasteiger partial charge on any atom is -0.490 e. The van der Waals surface area contributed by atoms with Gasteiger partial charge in [0.25, 0.3) is 0 Å². The number of para-hydroxylation sites is 1. The van der Waals surface area contributed by atoms with Crippen molar-refractivity contribution in [2.45, 2.75) is 39.8 Å². The lowest BCUT2D eigenvalue weighted by molar-refractivity contribution is -0.122. The van der Waals surface area contributed by atoms with Gasteiger partial charge in [-0.1, -0.05) is 31.2 Å². The first-order valence-corrected chi connectivity index (χ1v) is 11.9. The summed E-state index contributed by atoms with van der Waals surface area (Å²) in [6.07, 6.45) is 1.44. The summed E-state index contributed by atoms with van der Waals surface area (Å²) in [5, 5.41) is 2.85. The molecule has 2 aromatic rings. The third-order valence-electron chi connectivity index (χ3n) is 4.41. The van der Waals surface area contributed by atoms with Crippen LogP contribution in [0.3, 0.4) is 0 Å². The predicted octanol–water partition coefficient (Wildman–Crippen LogP) is 3.35. The van der Waals surface area contributed by atoms with Gasteiger partial charge in [-0.3, -0.25) is 9.10 Å². The monoisotopic (exact) mass is 434 g/mol. The zero-order valence-corrected chi connectivity index (χ0v) is 18.7. The second-order valence-corrected chi connectivity index (χ2v) is 8.54. The van der Waals surface area contributed by atoms with Crippen LogP contribution in [-0.4, -0.2) is 39.8 Å². The van der Waals surface area contributed by atoms with Crippen molar-refractivity contribution in [2.24, 2.45) is 0 Å². The Morgan fingerprint density at radius 1 is 1.00 bits per heavy atom. The average Bonchev–Trinajstić information content (AvgIpc) is 2.71. The number of rotatable bonds is 11. The number of benzene rings is 2. The lowest BCUT2D eigenvalue weighted by atomic mass is 10.1.